The van der Waals surface area contributed by atoms with E-state index in [4.69, 9.17) is 11.6 Å². The number of hydrogen-bond donors (Lipinski definition) is 1. The molecule has 0 spiro atoms. The zero-order chi connectivity index (χ0) is 13.5. The molecule has 0 saturated heterocycles. The highest BCUT2D eigenvalue weighted by molar-refractivity contribution is 6.82. The van der Waals surface area contributed by atoms with Crippen LogP contribution in [0.5, 0.6) is 0 Å². The molecular weight excluding hydrogens is 260 g/mol. The van der Waals surface area contributed by atoms with E-state index in [0.717, 1.165) is 0 Å². The summed E-state index contributed by atoms with van der Waals surface area (Å²) in [5.41, 5.74) is 3.14. The number of halogens is 1. The summed E-state index contributed by atoms with van der Waals surface area (Å²) in [5, 5.41) is 3.21. The Balaban J connectivity index is 2.92. The number of carbonyl (C=O) groups excluding carboxylic acids is 2. The van der Waals surface area contributed by atoms with E-state index >= 15 is 0 Å². The van der Waals surface area contributed by atoms with E-state index in [2.05, 4.69) is 20.0 Å². The quantitative estimate of drug-likeness (QED) is 0.511. The summed E-state index contributed by atoms with van der Waals surface area (Å²) in [7, 11) is 2.45. The van der Waals surface area contributed by atoms with Gasteiger partial charge in [0.2, 0.25) is 5.17 Å². The zero-order valence-electron chi connectivity index (χ0n) is 9.77. The van der Waals surface area contributed by atoms with Gasteiger partial charge in [-0.05, 0) is 12.1 Å². The summed E-state index contributed by atoms with van der Waals surface area (Å²) in [6.07, 6.45) is 0. The van der Waals surface area contributed by atoms with Gasteiger partial charge >= 0.3 is 11.9 Å². The number of carbonyl (C=O) groups is 2. The summed E-state index contributed by atoms with van der Waals surface area (Å²) in [6, 6.07) is 6.51. The van der Waals surface area contributed by atoms with E-state index in [1.807, 2.05) is 0 Å². The molecule has 1 aromatic rings. The average molecular weight is 271 g/mol. The molecule has 0 saturated carbocycles. The van der Waals surface area contributed by atoms with Crippen molar-refractivity contribution in [3.63, 3.8) is 0 Å². The Kier molecular flexibility index (Phi) is 5.13. The molecule has 96 valence electrons. The number of rotatable bonds is 4. The standard InChI is InChI=1S/C11H11ClN2O4/c1-17-10(15)7-5-3-4-6-8(7)13-14-9(12)11(16)18-2/h3-6,13H,1-2H3/b14-9-. The number of anilines is 1. The third kappa shape index (κ3) is 3.46. The molecule has 6 nitrogen and oxygen atoms in total. The molecule has 0 bridgehead atoms. The van der Waals surface area contributed by atoms with Crippen LogP contribution < -0.4 is 5.43 Å². The van der Waals surface area contributed by atoms with Crippen LogP contribution in [0.4, 0.5) is 5.69 Å². The van der Waals surface area contributed by atoms with E-state index in [1.54, 1.807) is 24.3 Å². The second-order valence-electron chi connectivity index (χ2n) is 3.04. The van der Waals surface area contributed by atoms with Crippen molar-refractivity contribution >= 4 is 34.4 Å². The second kappa shape index (κ2) is 6.61. The smallest absolute Gasteiger partial charge is 0.370 e. The van der Waals surface area contributed by atoms with Crippen LogP contribution in [0.2, 0.25) is 0 Å². The molecule has 0 aliphatic carbocycles. The Labute approximate surface area is 109 Å². The maximum Gasteiger partial charge on any atom is 0.370 e. The Morgan fingerprint density at radius 2 is 1.89 bits per heavy atom. The van der Waals surface area contributed by atoms with Gasteiger partial charge < -0.3 is 9.47 Å². The third-order valence-electron chi connectivity index (χ3n) is 1.96. The number of ether oxygens (including phenoxy) is 2. The molecule has 0 fully saturated rings. The molecule has 1 aromatic carbocycles. The average Bonchev–Trinajstić information content (AvgIpc) is 2.43. The van der Waals surface area contributed by atoms with Gasteiger partial charge in [0, 0.05) is 0 Å². The van der Waals surface area contributed by atoms with Crippen molar-refractivity contribution in [2.24, 2.45) is 5.10 Å². The minimum absolute atomic E-state index is 0.276. The molecule has 0 aliphatic rings. The third-order valence-corrected chi connectivity index (χ3v) is 2.20. The highest BCUT2D eigenvalue weighted by atomic mass is 35.5. The predicted octanol–water partition coefficient (Wildman–Crippen LogP) is 1.61. The largest absolute Gasteiger partial charge is 0.465 e. The predicted molar refractivity (Wildman–Crippen MR) is 66.7 cm³/mol. The van der Waals surface area contributed by atoms with E-state index in [1.165, 1.54) is 14.2 Å². The van der Waals surface area contributed by atoms with Crippen molar-refractivity contribution in [3.8, 4) is 0 Å². The number of para-hydroxylation sites is 1. The van der Waals surface area contributed by atoms with Gasteiger partial charge in [-0.3, -0.25) is 5.43 Å². The molecule has 18 heavy (non-hydrogen) atoms. The molecular formula is C11H11ClN2O4. The summed E-state index contributed by atoms with van der Waals surface area (Å²) >= 11 is 5.54. The van der Waals surface area contributed by atoms with Crippen molar-refractivity contribution in [2.75, 3.05) is 19.6 Å². The summed E-state index contributed by atoms with van der Waals surface area (Å²) in [6.45, 7) is 0. The Bertz CT molecular complexity index is 488. The van der Waals surface area contributed by atoms with E-state index in [9.17, 15) is 9.59 Å². The summed E-state index contributed by atoms with van der Waals surface area (Å²) < 4.78 is 8.97. The van der Waals surface area contributed by atoms with Gasteiger partial charge in [-0.2, -0.15) is 5.10 Å². The van der Waals surface area contributed by atoms with E-state index < -0.39 is 11.9 Å². The minimum atomic E-state index is -0.778. The number of nitrogens with zero attached hydrogens (tertiary/aromatic N) is 1. The van der Waals surface area contributed by atoms with Crippen molar-refractivity contribution in [2.45, 2.75) is 0 Å². The molecule has 0 aliphatic heterocycles. The first kappa shape index (κ1) is 14.0. The zero-order valence-corrected chi connectivity index (χ0v) is 10.5. The van der Waals surface area contributed by atoms with Crippen LogP contribution in [0.15, 0.2) is 29.4 Å². The maximum absolute atomic E-state index is 11.4. The van der Waals surface area contributed by atoms with Gasteiger partial charge in [-0.15, -0.1) is 0 Å². The first-order chi connectivity index (χ1) is 8.60. The van der Waals surface area contributed by atoms with Crippen LogP contribution in [-0.4, -0.2) is 31.3 Å². The van der Waals surface area contributed by atoms with Crippen LogP contribution >= 0.6 is 11.6 Å². The van der Waals surface area contributed by atoms with Crippen molar-refractivity contribution in [1.29, 1.82) is 0 Å². The SMILES string of the molecule is COC(=O)/C(Cl)=N/Nc1ccccc1C(=O)OC. The minimum Gasteiger partial charge on any atom is -0.465 e. The van der Waals surface area contributed by atoms with Crippen molar-refractivity contribution < 1.29 is 19.1 Å². The highest BCUT2D eigenvalue weighted by Gasteiger charge is 2.12. The number of hydrazone groups is 1. The fourth-order valence-electron chi connectivity index (χ4n) is 1.11. The van der Waals surface area contributed by atoms with Crippen LogP contribution in [0.3, 0.4) is 0 Å². The number of esters is 2. The van der Waals surface area contributed by atoms with Gasteiger partial charge in [-0.1, -0.05) is 23.7 Å². The monoisotopic (exact) mass is 270 g/mol. The van der Waals surface area contributed by atoms with Crippen LogP contribution in [0.1, 0.15) is 10.4 Å². The lowest BCUT2D eigenvalue weighted by molar-refractivity contribution is -0.132. The number of nitrogens with one attached hydrogen (secondary N) is 1. The lowest BCUT2D eigenvalue weighted by Crippen LogP contribution is -2.12. The molecule has 1 N–H and O–H groups in total. The summed E-state index contributed by atoms with van der Waals surface area (Å²) in [5.74, 6) is -1.30. The molecule has 0 heterocycles. The van der Waals surface area contributed by atoms with Gasteiger partial charge in [-0.25, -0.2) is 9.59 Å². The molecule has 0 atom stereocenters. The fraction of sp³-hybridized carbons (Fsp3) is 0.182. The lowest BCUT2D eigenvalue weighted by atomic mass is 10.2. The first-order valence-corrected chi connectivity index (χ1v) is 5.22. The molecule has 0 amide bonds. The van der Waals surface area contributed by atoms with Gasteiger partial charge in [0.05, 0.1) is 25.5 Å². The van der Waals surface area contributed by atoms with Gasteiger partial charge in [0.1, 0.15) is 0 Å². The summed E-state index contributed by atoms with van der Waals surface area (Å²) in [4.78, 5) is 22.4. The van der Waals surface area contributed by atoms with Crippen LogP contribution in [-0.2, 0) is 14.3 Å². The normalized spacial score (nSPS) is 10.7. The van der Waals surface area contributed by atoms with E-state index in [-0.39, 0.29) is 10.7 Å². The van der Waals surface area contributed by atoms with Crippen LogP contribution in [0.25, 0.3) is 0 Å². The Morgan fingerprint density at radius 1 is 1.22 bits per heavy atom. The molecule has 0 aromatic heterocycles. The second-order valence-corrected chi connectivity index (χ2v) is 3.40. The fourth-order valence-corrected chi connectivity index (χ4v) is 1.23. The van der Waals surface area contributed by atoms with Crippen LogP contribution in [0, 0.1) is 0 Å². The molecule has 0 unspecified atom stereocenters. The van der Waals surface area contributed by atoms with Crippen molar-refractivity contribution in [3.05, 3.63) is 29.8 Å². The molecule has 7 heteroatoms. The Morgan fingerprint density at radius 3 is 2.50 bits per heavy atom. The number of benzene rings is 1. The number of hydrogen-bond acceptors (Lipinski definition) is 6. The Hall–Kier alpha value is -2.08. The molecule has 1 rings (SSSR count). The maximum atomic E-state index is 11.4. The topological polar surface area (TPSA) is 77.0 Å². The number of methoxy groups -OCH3 is 2. The van der Waals surface area contributed by atoms with E-state index in [0.29, 0.717) is 5.69 Å². The van der Waals surface area contributed by atoms with Gasteiger partial charge in [0.25, 0.3) is 0 Å². The van der Waals surface area contributed by atoms with Crippen molar-refractivity contribution in [1.82, 2.24) is 0 Å². The molecule has 0 radical (unpaired) electrons. The first-order valence-electron chi connectivity index (χ1n) is 4.85. The lowest BCUT2D eigenvalue weighted by Gasteiger charge is -2.06. The van der Waals surface area contributed by atoms with Gasteiger partial charge in [0.15, 0.2) is 0 Å². The highest BCUT2D eigenvalue weighted by Crippen LogP contribution is 2.16.